The van der Waals surface area contributed by atoms with Gasteiger partial charge in [-0.25, -0.2) is 4.98 Å². The molecule has 5 heteroatoms. The lowest BCUT2D eigenvalue weighted by Crippen LogP contribution is -2.33. The van der Waals surface area contributed by atoms with Crippen LogP contribution in [-0.2, 0) is 0 Å². The van der Waals surface area contributed by atoms with E-state index in [1.165, 1.54) is 24.9 Å². The van der Waals surface area contributed by atoms with E-state index in [4.69, 9.17) is 0 Å². The molecule has 1 aromatic carbocycles. The summed E-state index contributed by atoms with van der Waals surface area (Å²) in [5.74, 6) is 0.0149. The van der Waals surface area contributed by atoms with Crippen molar-refractivity contribution in [1.29, 1.82) is 0 Å². The highest BCUT2D eigenvalue weighted by Crippen LogP contribution is 2.23. The van der Waals surface area contributed by atoms with Gasteiger partial charge in [-0.1, -0.05) is 13.8 Å². The smallest absolute Gasteiger partial charge is 0.272 e. The minimum Gasteiger partial charge on any atom is -0.372 e. The number of aromatic nitrogens is 1. The molecule has 0 atom stereocenters. The Morgan fingerprint density at radius 3 is 2.18 bits per heavy atom. The summed E-state index contributed by atoms with van der Waals surface area (Å²) in [6.07, 6.45) is 7.56. The standard InChI is InChI=1S/C23H32N4O/c1-3-14-27(15-4-2)23(28)22-13-10-20(18-24-22)25-19-8-11-21(12-9-19)26-16-6-5-7-17-26/h8-13,18,25H,3-7,14-17H2,1-2H3. The number of nitrogens with zero attached hydrogens (tertiary/aromatic N) is 3. The van der Waals surface area contributed by atoms with E-state index in [0.717, 1.165) is 50.4 Å². The zero-order valence-electron chi connectivity index (χ0n) is 17.2. The molecule has 1 saturated heterocycles. The van der Waals surface area contributed by atoms with Crippen molar-refractivity contribution < 1.29 is 4.79 Å². The molecule has 1 fully saturated rings. The van der Waals surface area contributed by atoms with Gasteiger partial charge >= 0.3 is 0 Å². The van der Waals surface area contributed by atoms with Crippen LogP contribution in [-0.4, -0.2) is 42.0 Å². The van der Waals surface area contributed by atoms with Crippen molar-refractivity contribution in [3.05, 3.63) is 48.3 Å². The Bertz CT molecular complexity index is 730. The van der Waals surface area contributed by atoms with Crippen LogP contribution in [0.5, 0.6) is 0 Å². The summed E-state index contributed by atoms with van der Waals surface area (Å²) in [5, 5.41) is 3.37. The maximum atomic E-state index is 12.6. The Hall–Kier alpha value is -2.56. The number of hydrogen-bond donors (Lipinski definition) is 1. The molecule has 0 radical (unpaired) electrons. The van der Waals surface area contributed by atoms with Crippen molar-refractivity contribution in [3.63, 3.8) is 0 Å². The van der Waals surface area contributed by atoms with Gasteiger partial charge in [0.2, 0.25) is 0 Å². The number of carbonyl (C=O) groups is 1. The Kier molecular flexibility index (Phi) is 7.29. The summed E-state index contributed by atoms with van der Waals surface area (Å²) in [4.78, 5) is 21.3. The first kappa shape index (κ1) is 20.2. The SMILES string of the molecule is CCCN(CCC)C(=O)c1ccc(Nc2ccc(N3CCCCC3)cc2)cn1. The molecule has 0 unspecified atom stereocenters. The van der Waals surface area contributed by atoms with Gasteiger partial charge in [-0.05, 0) is 68.5 Å². The van der Waals surface area contributed by atoms with Crippen LogP contribution in [0.3, 0.4) is 0 Å². The fraction of sp³-hybridized carbons (Fsp3) is 0.478. The van der Waals surface area contributed by atoms with Crippen molar-refractivity contribution in [2.45, 2.75) is 46.0 Å². The molecular weight excluding hydrogens is 348 g/mol. The molecule has 0 spiro atoms. The Labute approximate surface area is 168 Å². The van der Waals surface area contributed by atoms with Crippen LogP contribution in [0, 0.1) is 0 Å². The quantitative estimate of drug-likeness (QED) is 0.694. The molecule has 1 N–H and O–H groups in total. The van der Waals surface area contributed by atoms with E-state index in [1.54, 1.807) is 6.20 Å². The molecule has 2 aromatic rings. The van der Waals surface area contributed by atoms with Crippen LogP contribution in [0.4, 0.5) is 17.1 Å². The summed E-state index contributed by atoms with van der Waals surface area (Å²) in [6.45, 7) is 8.04. The third-order valence-corrected chi connectivity index (χ3v) is 5.13. The highest BCUT2D eigenvalue weighted by Gasteiger charge is 2.15. The van der Waals surface area contributed by atoms with E-state index in [0.29, 0.717) is 5.69 Å². The average molecular weight is 381 g/mol. The van der Waals surface area contributed by atoms with Crippen LogP contribution in [0.1, 0.15) is 56.4 Å². The first-order valence-electron chi connectivity index (χ1n) is 10.6. The Morgan fingerprint density at radius 1 is 0.964 bits per heavy atom. The largest absolute Gasteiger partial charge is 0.372 e. The van der Waals surface area contributed by atoms with Gasteiger partial charge in [-0.3, -0.25) is 4.79 Å². The van der Waals surface area contributed by atoms with Crippen molar-refractivity contribution in [2.75, 3.05) is 36.4 Å². The number of carbonyl (C=O) groups excluding carboxylic acids is 1. The minimum atomic E-state index is 0.0149. The van der Waals surface area contributed by atoms with Crippen molar-refractivity contribution in [3.8, 4) is 0 Å². The van der Waals surface area contributed by atoms with Gasteiger partial charge in [0.05, 0.1) is 11.9 Å². The van der Waals surface area contributed by atoms with Gasteiger partial charge in [0, 0.05) is 37.6 Å². The summed E-state index contributed by atoms with van der Waals surface area (Å²) < 4.78 is 0. The Morgan fingerprint density at radius 2 is 1.61 bits per heavy atom. The van der Waals surface area contributed by atoms with Crippen LogP contribution in [0.15, 0.2) is 42.6 Å². The van der Waals surface area contributed by atoms with Crippen LogP contribution in [0.25, 0.3) is 0 Å². The molecule has 3 rings (SSSR count). The summed E-state index contributed by atoms with van der Waals surface area (Å²) in [5.41, 5.74) is 3.71. The van der Waals surface area contributed by atoms with Gasteiger partial charge in [0.1, 0.15) is 5.69 Å². The average Bonchev–Trinajstić information content (AvgIpc) is 2.75. The second kappa shape index (κ2) is 10.1. The molecular formula is C23H32N4O. The number of piperidine rings is 1. The predicted molar refractivity (Wildman–Crippen MR) is 117 cm³/mol. The van der Waals surface area contributed by atoms with E-state index in [1.807, 2.05) is 17.0 Å². The zero-order valence-corrected chi connectivity index (χ0v) is 17.2. The third kappa shape index (κ3) is 5.24. The molecule has 0 bridgehead atoms. The number of hydrogen-bond acceptors (Lipinski definition) is 4. The fourth-order valence-electron chi connectivity index (χ4n) is 3.69. The van der Waals surface area contributed by atoms with Crippen molar-refractivity contribution in [2.24, 2.45) is 0 Å². The number of amides is 1. The predicted octanol–water partition coefficient (Wildman–Crippen LogP) is 5.08. The summed E-state index contributed by atoms with van der Waals surface area (Å²) in [7, 11) is 0. The molecule has 2 heterocycles. The molecule has 1 amide bonds. The van der Waals surface area contributed by atoms with Crippen molar-refractivity contribution >= 4 is 23.0 Å². The first-order valence-corrected chi connectivity index (χ1v) is 10.6. The second-order valence-corrected chi connectivity index (χ2v) is 7.44. The monoisotopic (exact) mass is 380 g/mol. The van der Waals surface area contributed by atoms with Gasteiger partial charge in [-0.15, -0.1) is 0 Å². The number of pyridine rings is 1. The summed E-state index contributed by atoms with van der Waals surface area (Å²) in [6, 6.07) is 12.3. The van der Waals surface area contributed by atoms with Gasteiger partial charge in [-0.2, -0.15) is 0 Å². The van der Waals surface area contributed by atoms with Crippen molar-refractivity contribution in [1.82, 2.24) is 9.88 Å². The van der Waals surface area contributed by atoms with Crippen LogP contribution < -0.4 is 10.2 Å². The van der Waals surface area contributed by atoms with Gasteiger partial charge in [0.15, 0.2) is 0 Å². The van der Waals surface area contributed by atoms with Gasteiger partial charge < -0.3 is 15.1 Å². The van der Waals surface area contributed by atoms with E-state index in [-0.39, 0.29) is 5.91 Å². The van der Waals surface area contributed by atoms with Crippen LogP contribution in [0.2, 0.25) is 0 Å². The number of nitrogens with one attached hydrogen (secondary N) is 1. The lowest BCUT2D eigenvalue weighted by Gasteiger charge is -2.28. The fourth-order valence-corrected chi connectivity index (χ4v) is 3.69. The second-order valence-electron chi connectivity index (χ2n) is 7.44. The van der Waals surface area contributed by atoms with Crippen LogP contribution >= 0.6 is 0 Å². The normalized spacial score (nSPS) is 14.0. The number of anilines is 3. The first-order chi connectivity index (χ1) is 13.7. The third-order valence-electron chi connectivity index (χ3n) is 5.13. The molecule has 1 aromatic heterocycles. The lowest BCUT2D eigenvalue weighted by molar-refractivity contribution is 0.0749. The molecule has 1 aliphatic rings. The highest BCUT2D eigenvalue weighted by molar-refractivity contribution is 5.92. The maximum absolute atomic E-state index is 12.6. The molecule has 1 aliphatic heterocycles. The number of rotatable bonds is 8. The maximum Gasteiger partial charge on any atom is 0.272 e. The lowest BCUT2D eigenvalue weighted by atomic mass is 10.1. The molecule has 0 saturated carbocycles. The molecule has 5 nitrogen and oxygen atoms in total. The Balaban J connectivity index is 1.61. The topological polar surface area (TPSA) is 48.5 Å². The molecule has 0 aliphatic carbocycles. The van der Waals surface area contributed by atoms with E-state index in [2.05, 4.69) is 53.3 Å². The highest BCUT2D eigenvalue weighted by atomic mass is 16.2. The molecule has 150 valence electrons. The van der Waals surface area contributed by atoms with Gasteiger partial charge in [0.25, 0.3) is 5.91 Å². The summed E-state index contributed by atoms with van der Waals surface area (Å²) >= 11 is 0. The van der Waals surface area contributed by atoms with E-state index >= 15 is 0 Å². The van der Waals surface area contributed by atoms with E-state index in [9.17, 15) is 4.79 Å². The zero-order chi connectivity index (χ0) is 19.8. The minimum absolute atomic E-state index is 0.0149. The van der Waals surface area contributed by atoms with E-state index < -0.39 is 0 Å². The number of benzene rings is 1. The molecule has 28 heavy (non-hydrogen) atoms.